The first-order chi connectivity index (χ1) is 15.2. The minimum absolute atomic E-state index is 0.131. The van der Waals surface area contributed by atoms with Crippen LogP contribution < -0.4 is 20.5 Å². The number of pyridine rings is 1. The first-order valence-corrected chi connectivity index (χ1v) is 11.0. The monoisotopic (exact) mass is 433 g/mol. The molecule has 3 aromatic heterocycles. The maximum atomic E-state index is 13.1. The second-order valence-electron chi connectivity index (χ2n) is 7.58. The molecule has 0 bridgehead atoms. The zero-order valence-corrected chi connectivity index (χ0v) is 18.2. The number of nitrogens with one attached hydrogen (secondary N) is 1. The quantitative estimate of drug-likeness (QED) is 0.521. The SMILES string of the molecule is CN[C@@H]1CCN(c2ccc(-n3ncc4cc(-c5ccc(OC)cc5)sc4c3=O)cn2)C1. The maximum absolute atomic E-state index is 13.1. The van der Waals surface area contributed by atoms with Crippen molar-refractivity contribution < 1.29 is 4.74 Å². The number of nitrogens with zero attached hydrogens (tertiary/aromatic N) is 4. The van der Waals surface area contributed by atoms with E-state index in [9.17, 15) is 4.79 Å². The summed E-state index contributed by atoms with van der Waals surface area (Å²) in [6.07, 6.45) is 4.57. The number of ether oxygens (including phenoxy) is 1. The summed E-state index contributed by atoms with van der Waals surface area (Å²) < 4.78 is 7.33. The minimum Gasteiger partial charge on any atom is -0.497 e. The molecule has 0 saturated carbocycles. The first kappa shape index (κ1) is 19.7. The van der Waals surface area contributed by atoms with Gasteiger partial charge in [0.1, 0.15) is 16.3 Å². The highest BCUT2D eigenvalue weighted by Crippen LogP contribution is 2.32. The lowest BCUT2D eigenvalue weighted by atomic mass is 10.2. The Morgan fingerprint density at radius 2 is 2.00 bits per heavy atom. The van der Waals surface area contributed by atoms with Crippen LogP contribution >= 0.6 is 11.3 Å². The van der Waals surface area contributed by atoms with Gasteiger partial charge in [-0.25, -0.2) is 4.98 Å². The summed E-state index contributed by atoms with van der Waals surface area (Å²) in [7, 11) is 3.64. The molecular formula is C23H23N5O2S. The number of methoxy groups -OCH3 is 1. The summed E-state index contributed by atoms with van der Waals surface area (Å²) in [6, 6.07) is 14.2. The van der Waals surface area contributed by atoms with E-state index in [0.717, 1.165) is 46.9 Å². The molecule has 31 heavy (non-hydrogen) atoms. The molecule has 0 unspecified atom stereocenters. The Labute approximate surface area is 183 Å². The van der Waals surface area contributed by atoms with Crippen LogP contribution in [0.5, 0.6) is 5.75 Å². The van der Waals surface area contributed by atoms with Gasteiger partial charge in [0.2, 0.25) is 0 Å². The fourth-order valence-corrected chi connectivity index (χ4v) is 4.98. The molecule has 0 spiro atoms. The lowest BCUT2D eigenvalue weighted by molar-refractivity contribution is 0.415. The molecule has 1 aromatic carbocycles. The Morgan fingerprint density at radius 3 is 2.68 bits per heavy atom. The van der Waals surface area contributed by atoms with Gasteiger partial charge in [-0.15, -0.1) is 11.3 Å². The van der Waals surface area contributed by atoms with Gasteiger partial charge in [0, 0.05) is 29.4 Å². The van der Waals surface area contributed by atoms with Crippen LogP contribution in [-0.2, 0) is 0 Å². The third kappa shape index (κ3) is 3.68. The number of likely N-dealkylation sites (N-methyl/N-ethyl adjacent to an activating group) is 1. The molecule has 1 aliphatic rings. The van der Waals surface area contributed by atoms with Crippen LogP contribution in [0.25, 0.3) is 26.2 Å². The van der Waals surface area contributed by atoms with Crippen molar-refractivity contribution in [2.45, 2.75) is 12.5 Å². The molecule has 8 heteroatoms. The number of rotatable bonds is 5. The number of hydrogen-bond acceptors (Lipinski definition) is 7. The van der Waals surface area contributed by atoms with E-state index in [0.29, 0.717) is 16.4 Å². The van der Waals surface area contributed by atoms with Crippen LogP contribution in [-0.4, -0.2) is 48.1 Å². The summed E-state index contributed by atoms with van der Waals surface area (Å²) in [5.41, 5.74) is 1.58. The molecule has 1 atom stereocenters. The summed E-state index contributed by atoms with van der Waals surface area (Å²) in [6.45, 7) is 1.92. The van der Waals surface area contributed by atoms with E-state index in [2.05, 4.69) is 20.3 Å². The zero-order valence-electron chi connectivity index (χ0n) is 17.4. The fourth-order valence-electron chi connectivity index (χ4n) is 3.91. The Kier molecular flexibility index (Phi) is 5.17. The Balaban J connectivity index is 1.45. The maximum Gasteiger partial charge on any atom is 0.289 e. The van der Waals surface area contributed by atoms with Gasteiger partial charge >= 0.3 is 0 Å². The number of benzene rings is 1. The van der Waals surface area contributed by atoms with E-state index in [4.69, 9.17) is 4.74 Å². The van der Waals surface area contributed by atoms with Crippen molar-refractivity contribution in [2.75, 3.05) is 32.1 Å². The Hall–Kier alpha value is -3.23. The highest BCUT2D eigenvalue weighted by Gasteiger charge is 2.22. The number of hydrogen-bond donors (Lipinski definition) is 1. The van der Waals surface area contributed by atoms with Crippen LogP contribution in [0, 0.1) is 0 Å². The van der Waals surface area contributed by atoms with Crippen molar-refractivity contribution in [3.63, 3.8) is 0 Å². The van der Waals surface area contributed by atoms with Crippen LogP contribution in [0.1, 0.15) is 6.42 Å². The van der Waals surface area contributed by atoms with Gasteiger partial charge < -0.3 is 15.0 Å². The number of aromatic nitrogens is 3. The smallest absolute Gasteiger partial charge is 0.289 e. The van der Waals surface area contributed by atoms with E-state index < -0.39 is 0 Å². The summed E-state index contributed by atoms with van der Waals surface area (Å²) in [5.74, 6) is 1.73. The average Bonchev–Trinajstić information content (AvgIpc) is 3.47. The fraction of sp³-hybridized carbons (Fsp3) is 0.261. The summed E-state index contributed by atoms with van der Waals surface area (Å²) in [4.78, 5) is 21.0. The van der Waals surface area contributed by atoms with Gasteiger partial charge in [-0.2, -0.15) is 9.78 Å². The van der Waals surface area contributed by atoms with Crippen molar-refractivity contribution in [3.8, 4) is 21.9 Å². The van der Waals surface area contributed by atoms with Crippen molar-refractivity contribution in [3.05, 3.63) is 65.2 Å². The van der Waals surface area contributed by atoms with Gasteiger partial charge in [0.05, 0.1) is 25.2 Å². The molecular weight excluding hydrogens is 410 g/mol. The standard InChI is InChI=1S/C23H23N5O2S/c1-24-17-9-10-27(14-17)21-8-5-18(13-25-21)28-23(29)22-16(12-26-28)11-20(31-22)15-3-6-19(30-2)7-4-15/h3-8,11-13,17,24H,9-10,14H2,1-2H3/t17-/m1/s1. The minimum atomic E-state index is -0.131. The number of anilines is 1. The third-order valence-electron chi connectivity index (χ3n) is 5.73. The van der Waals surface area contributed by atoms with Gasteiger partial charge in [0.15, 0.2) is 0 Å². The van der Waals surface area contributed by atoms with Crippen LogP contribution in [0.4, 0.5) is 5.82 Å². The molecule has 5 rings (SSSR count). The average molecular weight is 434 g/mol. The van der Waals surface area contributed by atoms with E-state index in [1.165, 1.54) is 16.0 Å². The third-order valence-corrected chi connectivity index (χ3v) is 6.92. The second-order valence-corrected chi connectivity index (χ2v) is 8.63. The predicted molar refractivity (Wildman–Crippen MR) is 125 cm³/mol. The van der Waals surface area contributed by atoms with Gasteiger partial charge in [-0.3, -0.25) is 4.79 Å². The lowest BCUT2D eigenvalue weighted by Gasteiger charge is -2.17. The van der Waals surface area contributed by atoms with Crippen LogP contribution in [0.15, 0.2) is 59.7 Å². The molecule has 7 nitrogen and oxygen atoms in total. The highest BCUT2D eigenvalue weighted by atomic mass is 32.1. The van der Waals surface area contributed by atoms with E-state index >= 15 is 0 Å². The van der Waals surface area contributed by atoms with E-state index in [1.807, 2.05) is 49.5 Å². The molecule has 1 saturated heterocycles. The van der Waals surface area contributed by atoms with Crippen LogP contribution in [0.3, 0.4) is 0 Å². The van der Waals surface area contributed by atoms with Crippen molar-refractivity contribution in [1.82, 2.24) is 20.1 Å². The van der Waals surface area contributed by atoms with Crippen LogP contribution in [0.2, 0.25) is 0 Å². The zero-order chi connectivity index (χ0) is 21.4. The Bertz CT molecular complexity index is 1260. The number of fused-ring (bicyclic) bond motifs is 1. The predicted octanol–water partition coefficient (Wildman–Crippen LogP) is 3.32. The molecule has 0 radical (unpaired) electrons. The van der Waals surface area contributed by atoms with E-state index in [-0.39, 0.29) is 5.56 Å². The molecule has 158 valence electrons. The Morgan fingerprint density at radius 1 is 1.16 bits per heavy atom. The van der Waals surface area contributed by atoms with Crippen molar-refractivity contribution >= 4 is 27.2 Å². The number of thiophene rings is 1. The topological polar surface area (TPSA) is 72.3 Å². The van der Waals surface area contributed by atoms with Crippen molar-refractivity contribution in [1.29, 1.82) is 0 Å². The van der Waals surface area contributed by atoms with Gasteiger partial charge in [0.25, 0.3) is 5.56 Å². The van der Waals surface area contributed by atoms with Gasteiger partial charge in [-0.05, 0) is 61.5 Å². The van der Waals surface area contributed by atoms with E-state index in [1.54, 1.807) is 19.5 Å². The molecule has 0 amide bonds. The first-order valence-electron chi connectivity index (χ1n) is 10.2. The lowest BCUT2D eigenvalue weighted by Crippen LogP contribution is -2.29. The highest BCUT2D eigenvalue weighted by molar-refractivity contribution is 7.22. The largest absolute Gasteiger partial charge is 0.497 e. The molecule has 1 aliphatic heterocycles. The normalized spacial score (nSPS) is 16.2. The summed E-state index contributed by atoms with van der Waals surface area (Å²) in [5, 5.41) is 8.55. The second kappa shape index (κ2) is 8.13. The molecule has 1 N–H and O–H groups in total. The van der Waals surface area contributed by atoms with Gasteiger partial charge in [-0.1, -0.05) is 0 Å². The molecule has 4 aromatic rings. The van der Waals surface area contributed by atoms with Crippen molar-refractivity contribution in [2.24, 2.45) is 0 Å². The molecule has 4 heterocycles. The molecule has 1 fully saturated rings. The summed E-state index contributed by atoms with van der Waals surface area (Å²) >= 11 is 1.48. The molecule has 0 aliphatic carbocycles.